The summed E-state index contributed by atoms with van der Waals surface area (Å²) in [6.07, 6.45) is 4.74. The molecule has 1 aromatic heterocycles. The zero-order valence-corrected chi connectivity index (χ0v) is 16.5. The summed E-state index contributed by atoms with van der Waals surface area (Å²) in [4.78, 5) is 28.8. The predicted octanol–water partition coefficient (Wildman–Crippen LogP) is 1.93. The summed E-state index contributed by atoms with van der Waals surface area (Å²) >= 11 is 0. The molecule has 1 aliphatic carbocycles. The number of amides is 2. The molecule has 1 aliphatic rings. The Morgan fingerprint density at radius 3 is 2.59 bits per heavy atom. The van der Waals surface area contributed by atoms with Crippen molar-refractivity contribution < 1.29 is 19.1 Å². The van der Waals surface area contributed by atoms with Crippen molar-refractivity contribution in [3.8, 4) is 5.75 Å². The smallest absolute Gasteiger partial charge is 0.246 e. The zero-order chi connectivity index (χ0) is 20.5. The number of carbonyl (C=O) groups excluding carboxylic acids is 2. The summed E-state index contributed by atoms with van der Waals surface area (Å²) in [6.45, 7) is 0.920. The molecule has 2 amide bonds. The summed E-state index contributed by atoms with van der Waals surface area (Å²) in [5, 5.41) is 5.93. The highest BCUT2D eigenvalue weighted by molar-refractivity contribution is 5.82. The standard InChI is InChI=1S/C22H27N3O4/c1-28-15-21(26)25-20-12-17(14-29-18-5-3-2-4-6-18)11-19(20)22(27)24-13-16-7-9-23-10-8-16/h2-10,17,19-20H,11-15H2,1H3,(H,24,27)(H,25,26)/t17-,19-,20-/m1/s1. The van der Waals surface area contributed by atoms with E-state index in [0.29, 0.717) is 26.0 Å². The molecule has 0 radical (unpaired) electrons. The molecule has 3 rings (SSSR count). The quantitative estimate of drug-likeness (QED) is 0.675. The van der Waals surface area contributed by atoms with Crippen LogP contribution in [0.1, 0.15) is 18.4 Å². The number of nitrogens with zero attached hydrogens (tertiary/aromatic N) is 1. The Balaban J connectivity index is 1.59. The van der Waals surface area contributed by atoms with Crippen molar-refractivity contribution in [2.24, 2.45) is 11.8 Å². The topological polar surface area (TPSA) is 89.5 Å². The van der Waals surface area contributed by atoms with Crippen molar-refractivity contribution in [2.45, 2.75) is 25.4 Å². The van der Waals surface area contributed by atoms with Gasteiger partial charge in [-0.15, -0.1) is 0 Å². The Morgan fingerprint density at radius 2 is 1.86 bits per heavy atom. The third-order valence-corrected chi connectivity index (χ3v) is 5.06. The molecule has 0 saturated heterocycles. The predicted molar refractivity (Wildman–Crippen MR) is 108 cm³/mol. The van der Waals surface area contributed by atoms with Crippen molar-refractivity contribution >= 4 is 11.8 Å². The molecule has 1 aromatic carbocycles. The Morgan fingerprint density at radius 1 is 1.10 bits per heavy atom. The van der Waals surface area contributed by atoms with Gasteiger partial charge >= 0.3 is 0 Å². The highest BCUT2D eigenvalue weighted by Crippen LogP contribution is 2.32. The van der Waals surface area contributed by atoms with Crippen molar-refractivity contribution in [3.05, 3.63) is 60.4 Å². The van der Waals surface area contributed by atoms with Crippen molar-refractivity contribution in [2.75, 3.05) is 20.3 Å². The second-order valence-corrected chi connectivity index (χ2v) is 7.25. The summed E-state index contributed by atoms with van der Waals surface area (Å²) in [5.74, 6) is 0.403. The number of aromatic nitrogens is 1. The van der Waals surface area contributed by atoms with Gasteiger partial charge in [-0.2, -0.15) is 0 Å². The zero-order valence-electron chi connectivity index (χ0n) is 16.5. The first-order valence-corrected chi connectivity index (χ1v) is 9.78. The maximum atomic E-state index is 12.8. The van der Waals surface area contributed by atoms with E-state index in [1.54, 1.807) is 12.4 Å². The third kappa shape index (κ3) is 6.29. The van der Waals surface area contributed by atoms with Crippen LogP contribution in [0.4, 0.5) is 0 Å². The Labute approximate surface area is 170 Å². The van der Waals surface area contributed by atoms with Gasteiger partial charge in [-0.1, -0.05) is 18.2 Å². The van der Waals surface area contributed by atoms with Gasteiger partial charge in [0.1, 0.15) is 12.4 Å². The number of methoxy groups -OCH3 is 1. The lowest BCUT2D eigenvalue weighted by atomic mass is 10.0. The van der Waals surface area contributed by atoms with E-state index in [4.69, 9.17) is 9.47 Å². The maximum absolute atomic E-state index is 12.8. The minimum Gasteiger partial charge on any atom is -0.493 e. The van der Waals surface area contributed by atoms with E-state index in [1.165, 1.54) is 7.11 Å². The number of hydrogen-bond acceptors (Lipinski definition) is 5. The number of nitrogens with one attached hydrogen (secondary N) is 2. The van der Waals surface area contributed by atoms with Crippen LogP contribution >= 0.6 is 0 Å². The van der Waals surface area contributed by atoms with Crippen LogP contribution < -0.4 is 15.4 Å². The Hall–Kier alpha value is -2.93. The fourth-order valence-corrected chi connectivity index (χ4v) is 3.66. The molecule has 0 spiro atoms. The largest absolute Gasteiger partial charge is 0.493 e. The average Bonchev–Trinajstić information content (AvgIpc) is 3.15. The molecule has 1 saturated carbocycles. The number of rotatable bonds is 9. The van der Waals surface area contributed by atoms with Gasteiger partial charge in [-0.25, -0.2) is 0 Å². The number of hydrogen-bond donors (Lipinski definition) is 2. The van der Waals surface area contributed by atoms with Crippen LogP contribution in [-0.2, 0) is 20.9 Å². The van der Waals surface area contributed by atoms with Crippen LogP contribution in [0.5, 0.6) is 5.75 Å². The maximum Gasteiger partial charge on any atom is 0.246 e. The number of carbonyl (C=O) groups is 2. The minimum absolute atomic E-state index is 0.0208. The summed E-state index contributed by atoms with van der Waals surface area (Å²) in [5.41, 5.74) is 0.982. The summed E-state index contributed by atoms with van der Waals surface area (Å²) in [6, 6.07) is 13.1. The van der Waals surface area contributed by atoms with E-state index < -0.39 is 0 Å². The lowest BCUT2D eigenvalue weighted by Crippen LogP contribution is -2.44. The van der Waals surface area contributed by atoms with Crippen LogP contribution in [0, 0.1) is 11.8 Å². The molecule has 2 aromatic rings. The second-order valence-electron chi connectivity index (χ2n) is 7.25. The van der Waals surface area contributed by atoms with Crippen molar-refractivity contribution in [1.82, 2.24) is 15.6 Å². The van der Waals surface area contributed by atoms with E-state index in [0.717, 1.165) is 11.3 Å². The molecule has 29 heavy (non-hydrogen) atoms. The van der Waals surface area contributed by atoms with Crippen LogP contribution in [0.15, 0.2) is 54.9 Å². The van der Waals surface area contributed by atoms with Crippen molar-refractivity contribution in [1.29, 1.82) is 0 Å². The molecule has 0 bridgehead atoms. The first-order valence-electron chi connectivity index (χ1n) is 9.78. The van der Waals surface area contributed by atoms with Gasteiger partial charge < -0.3 is 20.1 Å². The lowest BCUT2D eigenvalue weighted by molar-refractivity contribution is -0.128. The molecule has 1 fully saturated rings. The summed E-state index contributed by atoms with van der Waals surface area (Å²) < 4.78 is 10.8. The SMILES string of the molecule is COCC(=O)N[C@@H]1C[C@H](COc2ccccc2)C[C@H]1C(=O)NCc1ccncc1. The molecule has 0 aliphatic heterocycles. The fraction of sp³-hybridized carbons (Fsp3) is 0.409. The highest BCUT2D eigenvalue weighted by Gasteiger charge is 2.39. The monoisotopic (exact) mass is 397 g/mol. The second kappa shape index (κ2) is 10.6. The molecular weight excluding hydrogens is 370 g/mol. The van der Waals surface area contributed by atoms with Crippen LogP contribution in [0.25, 0.3) is 0 Å². The minimum atomic E-state index is -0.304. The Bertz CT molecular complexity index is 785. The number of ether oxygens (including phenoxy) is 2. The van der Waals surface area contributed by atoms with Crippen molar-refractivity contribution in [3.63, 3.8) is 0 Å². The molecular formula is C22H27N3O4. The van der Waals surface area contributed by atoms with Gasteiger partial charge in [-0.3, -0.25) is 14.6 Å². The Kier molecular flexibility index (Phi) is 7.58. The van der Waals surface area contributed by atoms with Gasteiger partial charge in [0, 0.05) is 32.1 Å². The first-order chi connectivity index (χ1) is 14.2. The van der Waals surface area contributed by atoms with Crippen LogP contribution in [0.2, 0.25) is 0 Å². The molecule has 7 nitrogen and oxygen atoms in total. The van der Waals surface area contributed by atoms with E-state index in [9.17, 15) is 9.59 Å². The molecule has 2 N–H and O–H groups in total. The van der Waals surface area contributed by atoms with E-state index in [2.05, 4.69) is 15.6 Å². The number of pyridine rings is 1. The third-order valence-electron chi connectivity index (χ3n) is 5.06. The number of benzene rings is 1. The average molecular weight is 397 g/mol. The van der Waals surface area contributed by atoms with Crippen LogP contribution in [0.3, 0.4) is 0 Å². The molecule has 0 unspecified atom stereocenters. The van der Waals surface area contributed by atoms with Gasteiger partial charge in [0.25, 0.3) is 0 Å². The molecule has 3 atom stereocenters. The van der Waals surface area contributed by atoms with Gasteiger partial charge in [0.15, 0.2) is 0 Å². The fourth-order valence-electron chi connectivity index (χ4n) is 3.66. The number of para-hydroxylation sites is 1. The highest BCUT2D eigenvalue weighted by atomic mass is 16.5. The van der Waals surface area contributed by atoms with Gasteiger partial charge in [0.05, 0.1) is 12.5 Å². The molecule has 154 valence electrons. The van der Waals surface area contributed by atoms with E-state index in [-0.39, 0.29) is 36.3 Å². The molecule has 7 heteroatoms. The lowest BCUT2D eigenvalue weighted by Gasteiger charge is -2.20. The van der Waals surface area contributed by atoms with E-state index >= 15 is 0 Å². The van der Waals surface area contributed by atoms with Crippen LogP contribution in [-0.4, -0.2) is 43.2 Å². The van der Waals surface area contributed by atoms with Gasteiger partial charge in [0.2, 0.25) is 11.8 Å². The van der Waals surface area contributed by atoms with E-state index in [1.807, 2.05) is 42.5 Å². The molecule has 1 heterocycles. The summed E-state index contributed by atoms with van der Waals surface area (Å²) in [7, 11) is 1.48. The first kappa shape index (κ1) is 20.8. The van der Waals surface area contributed by atoms with Gasteiger partial charge in [-0.05, 0) is 48.6 Å². The normalized spacial score (nSPS) is 20.8.